The first-order valence-corrected chi connectivity index (χ1v) is 6.79. The topological polar surface area (TPSA) is 80.3 Å². The number of rotatable bonds is 3. The molecule has 0 aromatic carbocycles. The first-order valence-electron chi connectivity index (χ1n) is 6.79. The number of carbonyl (C=O) groups excluding carboxylic acids is 1. The van der Waals surface area contributed by atoms with Crippen LogP contribution in [-0.4, -0.2) is 27.2 Å². The molecule has 1 atom stereocenters. The quantitative estimate of drug-likeness (QED) is 0.808. The van der Waals surface area contributed by atoms with Gasteiger partial charge in [0.15, 0.2) is 5.92 Å². The minimum absolute atomic E-state index is 0.130. The van der Waals surface area contributed by atoms with Crippen molar-refractivity contribution in [1.82, 2.24) is 14.6 Å². The Labute approximate surface area is 123 Å². The van der Waals surface area contributed by atoms with Crippen molar-refractivity contribution in [2.75, 3.05) is 6.61 Å². The van der Waals surface area contributed by atoms with Crippen LogP contribution in [0.3, 0.4) is 0 Å². The number of esters is 1. The third-order valence-electron chi connectivity index (χ3n) is 3.11. The summed E-state index contributed by atoms with van der Waals surface area (Å²) in [6.45, 7) is 8.09. The second kappa shape index (κ2) is 5.52. The monoisotopic (exact) mass is 286 g/mol. The van der Waals surface area contributed by atoms with Gasteiger partial charge in [0.1, 0.15) is 0 Å². The van der Waals surface area contributed by atoms with Crippen molar-refractivity contribution >= 4 is 11.5 Å². The molecule has 2 aromatic rings. The lowest BCUT2D eigenvalue weighted by molar-refractivity contribution is -0.143. The molecule has 1 unspecified atom stereocenters. The number of hydrogen-bond donors (Lipinski definition) is 0. The Morgan fingerprint density at radius 2 is 2.24 bits per heavy atom. The first-order chi connectivity index (χ1) is 9.88. The fraction of sp³-hybridized carbons (Fsp3) is 0.467. The molecular formula is C15H18N4O2. The first kappa shape index (κ1) is 15.0. The number of nitriles is 1. The van der Waals surface area contributed by atoms with Crippen LogP contribution in [0.1, 0.15) is 45.0 Å². The van der Waals surface area contributed by atoms with E-state index < -0.39 is 11.9 Å². The number of fused-ring (bicyclic) bond motifs is 1. The Kier molecular flexibility index (Phi) is 3.94. The summed E-state index contributed by atoms with van der Waals surface area (Å²) in [6, 6.07) is 3.83. The summed E-state index contributed by atoms with van der Waals surface area (Å²) >= 11 is 0. The SMILES string of the molecule is CCOC(=O)C(C#N)c1nccn2nc(C(C)(C)C)cc12. The second-order valence-electron chi connectivity index (χ2n) is 5.74. The average Bonchev–Trinajstić information content (AvgIpc) is 2.84. The standard InChI is InChI=1S/C15H18N4O2/c1-5-21-14(20)10(9-16)13-11-8-12(15(2,3)4)18-19(11)7-6-17-13/h6-8,10H,5H2,1-4H3. The molecule has 0 radical (unpaired) electrons. The summed E-state index contributed by atoms with van der Waals surface area (Å²) in [4.78, 5) is 16.1. The molecule has 0 aliphatic carbocycles. The molecular weight excluding hydrogens is 268 g/mol. The van der Waals surface area contributed by atoms with E-state index in [1.807, 2.05) is 12.1 Å². The van der Waals surface area contributed by atoms with Gasteiger partial charge in [-0.1, -0.05) is 20.8 Å². The van der Waals surface area contributed by atoms with E-state index in [2.05, 4.69) is 30.9 Å². The minimum atomic E-state index is -1.04. The van der Waals surface area contributed by atoms with Crippen molar-refractivity contribution in [3.8, 4) is 6.07 Å². The molecule has 21 heavy (non-hydrogen) atoms. The van der Waals surface area contributed by atoms with Crippen LogP contribution in [0, 0.1) is 11.3 Å². The molecule has 6 nitrogen and oxygen atoms in total. The third-order valence-corrected chi connectivity index (χ3v) is 3.11. The van der Waals surface area contributed by atoms with Gasteiger partial charge in [-0.3, -0.25) is 9.78 Å². The number of aromatic nitrogens is 3. The molecule has 2 rings (SSSR count). The molecule has 0 saturated carbocycles. The highest BCUT2D eigenvalue weighted by Crippen LogP contribution is 2.26. The molecule has 2 aromatic heterocycles. The van der Waals surface area contributed by atoms with Crippen LogP contribution >= 0.6 is 0 Å². The van der Waals surface area contributed by atoms with Gasteiger partial charge in [-0.15, -0.1) is 0 Å². The number of nitrogens with zero attached hydrogens (tertiary/aromatic N) is 4. The molecule has 0 bridgehead atoms. The van der Waals surface area contributed by atoms with Crippen LogP contribution in [0.4, 0.5) is 0 Å². The maximum absolute atomic E-state index is 11.9. The highest BCUT2D eigenvalue weighted by molar-refractivity contribution is 5.83. The predicted molar refractivity (Wildman–Crippen MR) is 76.7 cm³/mol. The Bertz CT molecular complexity index is 707. The van der Waals surface area contributed by atoms with E-state index in [9.17, 15) is 10.1 Å². The molecule has 0 saturated heterocycles. The van der Waals surface area contributed by atoms with Crippen molar-refractivity contribution in [3.05, 3.63) is 29.8 Å². The van der Waals surface area contributed by atoms with Crippen molar-refractivity contribution < 1.29 is 9.53 Å². The second-order valence-corrected chi connectivity index (χ2v) is 5.74. The van der Waals surface area contributed by atoms with Crippen LogP contribution in [0.5, 0.6) is 0 Å². The van der Waals surface area contributed by atoms with Crippen molar-refractivity contribution in [2.45, 2.75) is 39.0 Å². The van der Waals surface area contributed by atoms with Gasteiger partial charge in [0.2, 0.25) is 0 Å². The lowest BCUT2D eigenvalue weighted by Crippen LogP contribution is -2.16. The summed E-state index contributed by atoms with van der Waals surface area (Å²) in [5.41, 5.74) is 1.77. The molecule has 0 aliphatic rings. The van der Waals surface area contributed by atoms with Crippen molar-refractivity contribution in [1.29, 1.82) is 5.26 Å². The smallest absolute Gasteiger partial charge is 0.329 e. The van der Waals surface area contributed by atoms with E-state index >= 15 is 0 Å². The van der Waals surface area contributed by atoms with E-state index in [4.69, 9.17) is 4.74 Å². The lowest BCUT2D eigenvalue weighted by Gasteiger charge is -2.13. The van der Waals surface area contributed by atoms with E-state index in [1.54, 1.807) is 17.6 Å². The summed E-state index contributed by atoms with van der Waals surface area (Å²) in [5, 5.41) is 13.8. The summed E-state index contributed by atoms with van der Waals surface area (Å²) in [5.74, 6) is -1.63. The maximum Gasteiger partial charge on any atom is 0.329 e. The van der Waals surface area contributed by atoms with Gasteiger partial charge in [0.25, 0.3) is 0 Å². The molecule has 0 amide bonds. The van der Waals surface area contributed by atoms with Gasteiger partial charge in [-0.2, -0.15) is 10.4 Å². The van der Waals surface area contributed by atoms with E-state index in [1.165, 1.54) is 6.20 Å². The van der Waals surface area contributed by atoms with Gasteiger partial charge in [0.05, 0.1) is 29.6 Å². The average molecular weight is 286 g/mol. The predicted octanol–water partition coefficient (Wildman–Crippen LogP) is 2.20. The van der Waals surface area contributed by atoms with Gasteiger partial charge in [-0.25, -0.2) is 4.52 Å². The largest absolute Gasteiger partial charge is 0.465 e. The summed E-state index contributed by atoms with van der Waals surface area (Å²) in [6.07, 6.45) is 3.24. The number of carbonyl (C=O) groups is 1. The highest BCUT2D eigenvalue weighted by atomic mass is 16.5. The lowest BCUT2D eigenvalue weighted by atomic mass is 9.92. The Balaban J connectivity index is 2.56. The normalized spacial score (nSPS) is 12.9. The van der Waals surface area contributed by atoms with Crippen LogP contribution in [-0.2, 0) is 14.9 Å². The zero-order valence-corrected chi connectivity index (χ0v) is 12.6. The number of hydrogen-bond acceptors (Lipinski definition) is 5. The van der Waals surface area contributed by atoms with Crippen molar-refractivity contribution in [2.24, 2.45) is 0 Å². The molecule has 0 N–H and O–H groups in total. The summed E-state index contributed by atoms with van der Waals surface area (Å²) in [7, 11) is 0. The molecule has 2 heterocycles. The molecule has 6 heteroatoms. The van der Waals surface area contributed by atoms with Crippen LogP contribution in [0.25, 0.3) is 5.52 Å². The van der Waals surface area contributed by atoms with Crippen LogP contribution in [0.15, 0.2) is 18.5 Å². The highest BCUT2D eigenvalue weighted by Gasteiger charge is 2.27. The Hall–Kier alpha value is -2.42. The molecule has 110 valence electrons. The summed E-state index contributed by atoms with van der Waals surface area (Å²) < 4.78 is 6.59. The van der Waals surface area contributed by atoms with Gasteiger partial charge in [-0.05, 0) is 13.0 Å². The third kappa shape index (κ3) is 2.87. The van der Waals surface area contributed by atoms with Gasteiger partial charge < -0.3 is 4.74 Å². The fourth-order valence-electron chi connectivity index (χ4n) is 1.98. The van der Waals surface area contributed by atoms with E-state index in [0.717, 1.165) is 5.69 Å². The molecule has 0 aliphatic heterocycles. The van der Waals surface area contributed by atoms with E-state index in [-0.39, 0.29) is 12.0 Å². The van der Waals surface area contributed by atoms with Crippen LogP contribution in [0.2, 0.25) is 0 Å². The Morgan fingerprint density at radius 3 is 2.81 bits per heavy atom. The van der Waals surface area contributed by atoms with Gasteiger partial charge in [0, 0.05) is 17.8 Å². The minimum Gasteiger partial charge on any atom is -0.465 e. The zero-order valence-electron chi connectivity index (χ0n) is 12.6. The van der Waals surface area contributed by atoms with Crippen LogP contribution < -0.4 is 0 Å². The number of ether oxygens (including phenoxy) is 1. The molecule has 0 fully saturated rings. The molecule has 0 spiro atoms. The Morgan fingerprint density at radius 1 is 1.52 bits per heavy atom. The van der Waals surface area contributed by atoms with Crippen molar-refractivity contribution in [3.63, 3.8) is 0 Å². The van der Waals surface area contributed by atoms with Gasteiger partial charge >= 0.3 is 5.97 Å². The van der Waals surface area contributed by atoms with E-state index in [0.29, 0.717) is 11.2 Å². The zero-order chi connectivity index (χ0) is 15.6. The fourth-order valence-corrected chi connectivity index (χ4v) is 1.98. The maximum atomic E-state index is 11.9.